The van der Waals surface area contributed by atoms with Crippen LogP contribution in [0.15, 0.2) is 12.1 Å². The van der Waals surface area contributed by atoms with E-state index in [9.17, 15) is 9.90 Å². The van der Waals surface area contributed by atoms with Crippen LogP contribution in [0.4, 0.5) is 0 Å². The summed E-state index contributed by atoms with van der Waals surface area (Å²) < 4.78 is 2.14. The Morgan fingerprint density at radius 3 is 2.50 bits per heavy atom. The van der Waals surface area contributed by atoms with Crippen molar-refractivity contribution in [2.45, 2.75) is 40.2 Å². The lowest BCUT2D eigenvalue weighted by atomic mass is 9.97. The van der Waals surface area contributed by atoms with Crippen molar-refractivity contribution in [2.24, 2.45) is 5.73 Å². The van der Waals surface area contributed by atoms with Crippen molar-refractivity contribution in [3.8, 4) is 0 Å². The Balaban J connectivity index is 2.86. The van der Waals surface area contributed by atoms with Crippen LogP contribution in [0.5, 0.6) is 0 Å². The van der Waals surface area contributed by atoms with Crippen molar-refractivity contribution in [3.05, 3.63) is 34.5 Å². The Hall–Kier alpha value is -1.81. The molecule has 0 amide bonds. The SMILES string of the molecule is Cc1cc2c(C(C)C)c(C)n(CCN)c2cc1C(=O)O. The number of aromatic nitrogens is 1. The molecule has 0 bridgehead atoms. The van der Waals surface area contributed by atoms with Crippen molar-refractivity contribution in [1.82, 2.24) is 4.57 Å². The van der Waals surface area contributed by atoms with Crippen molar-refractivity contribution < 1.29 is 9.90 Å². The number of aromatic carboxylic acids is 1. The number of aryl methyl sites for hydroxylation is 1. The quantitative estimate of drug-likeness (QED) is 0.900. The Labute approximate surface area is 119 Å². The molecule has 0 spiro atoms. The van der Waals surface area contributed by atoms with E-state index in [1.54, 1.807) is 6.07 Å². The lowest BCUT2D eigenvalue weighted by Crippen LogP contribution is -2.11. The standard InChI is InChI=1S/C16H22N2O2/c1-9(2)15-11(4)18(6-5-17)14-8-12(16(19)20)10(3)7-13(14)15/h7-9H,5-6,17H2,1-4H3,(H,19,20). The number of rotatable bonds is 4. The van der Waals surface area contributed by atoms with Gasteiger partial charge in [0.25, 0.3) is 0 Å². The summed E-state index contributed by atoms with van der Waals surface area (Å²) in [6, 6.07) is 3.77. The second-order valence-electron chi connectivity index (χ2n) is 5.58. The van der Waals surface area contributed by atoms with Gasteiger partial charge in [-0.3, -0.25) is 0 Å². The number of fused-ring (bicyclic) bond motifs is 1. The molecule has 0 aliphatic carbocycles. The number of benzene rings is 1. The maximum Gasteiger partial charge on any atom is 0.336 e. The van der Waals surface area contributed by atoms with E-state index in [0.29, 0.717) is 24.6 Å². The van der Waals surface area contributed by atoms with Gasteiger partial charge in [0.05, 0.1) is 5.56 Å². The van der Waals surface area contributed by atoms with Crippen LogP contribution >= 0.6 is 0 Å². The molecule has 0 aliphatic heterocycles. The Morgan fingerprint density at radius 2 is 2.00 bits per heavy atom. The largest absolute Gasteiger partial charge is 0.478 e. The highest BCUT2D eigenvalue weighted by atomic mass is 16.4. The van der Waals surface area contributed by atoms with E-state index < -0.39 is 5.97 Å². The molecule has 4 heteroatoms. The van der Waals surface area contributed by atoms with Gasteiger partial charge in [-0.1, -0.05) is 13.8 Å². The molecule has 0 unspecified atom stereocenters. The predicted octanol–water partition coefficient (Wildman–Crippen LogP) is 3.04. The van der Waals surface area contributed by atoms with Crippen molar-refractivity contribution in [1.29, 1.82) is 0 Å². The molecular formula is C16H22N2O2. The van der Waals surface area contributed by atoms with Gasteiger partial charge in [0, 0.05) is 29.7 Å². The third kappa shape index (κ3) is 2.20. The van der Waals surface area contributed by atoms with Crippen LogP contribution in [-0.2, 0) is 6.54 Å². The highest BCUT2D eigenvalue weighted by Gasteiger charge is 2.19. The topological polar surface area (TPSA) is 68.2 Å². The summed E-state index contributed by atoms with van der Waals surface area (Å²) in [6.45, 7) is 9.50. The number of nitrogens with two attached hydrogens (primary N) is 1. The number of carboxylic acid groups (broad SMARTS) is 1. The van der Waals surface area contributed by atoms with Gasteiger partial charge in [-0.25, -0.2) is 4.79 Å². The molecule has 1 heterocycles. The molecule has 2 aromatic rings. The molecule has 108 valence electrons. The summed E-state index contributed by atoms with van der Waals surface area (Å²) in [5, 5.41) is 10.4. The number of carboxylic acids is 1. The fraction of sp³-hybridized carbons (Fsp3) is 0.438. The van der Waals surface area contributed by atoms with E-state index in [4.69, 9.17) is 5.73 Å². The maximum atomic E-state index is 11.3. The van der Waals surface area contributed by atoms with Gasteiger partial charge in [0.15, 0.2) is 0 Å². The lowest BCUT2D eigenvalue weighted by Gasteiger charge is -2.08. The molecule has 1 aromatic heterocycles. The van der Waals surface area contributed by atoms with Gasteiger partial charge in [-0.2, -0.15) is 0 Å². The maximum absolute atomic E-state index is 11.3. The van der Waals surface area contributed by atoms with Crippen molar-refractivity contribution in [3.63, 3.8) is 0 Å². The minimum Gasteiger partial charge on any atom is -0.478 e. The minimum atomic E-state index is -0.881. The third-order valence-electron chi connectivity index (χ3n) is 3.88. The lowest BCUT2D eigenvalue weighted by molar-refractivity contribution is 0.0696. The molecule has 4 nitrogen and oxygen atoms in total. The zero-order valence-electron chi connectivity index (χ0n) is 12.5. The Kier molecular flexibility index (Phi) is 3.86. The Bertz CT molecular complexity index is 669. The zero-order chi connectivity index (χ0) is 15.0. The van der Waals surface area contributed by atoms with E-state index in [1.807, 2.05) is 13.0 Å². The van der Waals surface area contributed by atoms with Gasteiger partial charge in [-0.05, 0) is 43.0 Å². The molecule has 0 saturated heterocycles. The van der Waals surface area contributed by atoms with E-state index in [0.717, 1.165) is 16.5 Å². The second-order valence-corrected chi connectivity index (χ2v) is 5.58. The molecule has 0 saturated carbocycles. The van der Waals surface area contributed by atoms with E-state index in [1.165, 1.54) is 11.3 Å². The summed E-state index contributed by atoms with van der Waals surface area (Å²) in [6.07, 6.45) is 0. The summed E-state index contributed by atoms with van der Waals surface area (Å²) in [5.41, 5.74) is 10.3. The van der Waals surface area contributed by atoms with Crippen LogP contribution in [0.2, 0.25) is 0 Å². The molecule has 0 aliphatic rings. The Morgan fingerprint density at radius 1 is 1.35 bits per heavy atom. The van der Waals surface area contributed by atoms with Gasteiger partial charge >= 0.3 is 5.97 Å². The smallest absolute Gasteiger partial charge is 0.336 e. The van der Waals surface area contributed by atoms with Crippen molar-refractivity contribution >= 4 is 16.9 Å². The first kappa shape index (κ1) is 14.6. The average molecular weight is 274 g/mol. The first-order valence-corrected chi connectivity index (χ1v) is 6.95. The number of hydrogen-bond acceptors (Lipinski definition) is 2. The van der Waals surface area contributed by atoms with Crippen LogP contribution in [0, 0.1) is 13.8 Å². The van der Waals surface area contributed by atoms with Gasteiger partial charge in [0.2, 0.25) is 0 Å². The number of carbonyl (C=O) groups is 1. The summed E-state index contributed by atoms with van der Waals surface area (Å²) in [5.74, 6) is -0.486. The zero-order valence-corrected chi connectivity index (χ0v) is 12.5. The predicted molar refractivity (Wildman–Crippen MR) is 81.5 cm³/mol. The van der Waals surface area contributed by atoms with Crippen LogP contribution in [0.1, 0.15) is 46.9 Å². The second kappa shape index (κ2) is 5.29. The van der Waals surface area contributed by atoms with E-state index >= 15 is 0 Å². The molecule has 1 aromatic carbocycles. The van der Waals surface area contributed by atoms with Crippen LogP contribution < -0.4 is 5.73 Å². The number of nitrogens with zero attached hydrogens (tertiary/aromatic N) is 1. The highest BCUT2D eigenvalue weighted by Crippen LogP contribution is 2.33. The van der Waals surface area contributed by atoms with Crippen LogP contribution in [0.3, 0.4) is 0 Å². The van der Waals surface area contributed by atoms with Crippen molar-refractivity contribution in [2.75, 3.05) is 6.54 Å². The molecule has 0 atom stereocenters. The van der Waals surface area contributed by atoms with Gasteiger partial charge in [-0.15, -0.1) is 0 Å². The first-order chi connectivity index (χ1) is 9.38. The van der Waals surface area contributed by atoms with E-state index in [2.05, 4.69) is 25.3 Å². The number of hydrogen-bond donors (Lipinski definition) is 2. The van der Waals surface area contributed by atoms with Gasteiger partial charge < -0.3 is 15.4 Å². The average Bonchev–Trinajstić information content (AvgIpc) is 2.61. The minimum absolute atomic E-state index is 0.364. The first-order valence-electron chi connectivity index (χ1n) is 6.95. The molecule has 0 radical (unpaired) electrons. The highest BCUT2D eigenvalue weighted by molar-refractivity contribution is 5.97. The fourth-order valence-corrected chi connectivity index (χ4v) is 3.03. The van der Waals surface area contributed by atoms with Gasteiger partial charge in [0.1, 0.15) is 0 Å². The molecular weight excluding hydrogens is 252 g/mol. The summed E-state index contributed by atoms with van der Waals surface area (Å²) in [4.78, 5) is 11.3. The van der Waals surface area contributed by atoms with Crippen LogP contribution in [0.25, 0.3) is 10.9 Å². The molecule has 0 fully saturated rings. The molecule has 3 N–H and O–H groups in total. The monoisotopic (exact) mass is 274 g/mol. The normalized spacial score (nSPS) is 11.5. The summed E-state index contributed by atoms with van der Waals surface area (Å²) in [7, 11) is 0. The fourth-order valence-electron chi connectivity index (χ4n) is 3.03. The van der Waals surface area contributed by atoms with Crippen LogP contribution in [-0.4, -0.2) is 22.2 Å². The third-order valence-corrected chi connectivity index (χ3v) is 3.88. The molecule has 2 rings (SSSR count). The van der Waals surface area contributed by atoms with E-state index in [-0.39, 0.29) is 0 Å². The summed E-state index contributed by atoms with van der Waals surface area (Å²) >= 11 is 0. The molecule has 20 heavy (non-hydrogen) atoms.